The number of anilines is 2. The highest BCUT2D eigenvalue weighted by atomic mass is 16.4. The van der Waals surface area contributed by atoms with Crippen LogP contribution in [-0.2, 0) is 12.8 Å². The van der Waals surface area contributed by atoms with E-state index in [0.29, 0.717) is 18.1 Å². The second-order valence-electron chi connectivity index (χ2n) is 7.67. The monoisotopic (exact) mass is 423 g/mol. The van der Waals surface area contributed by atoms with Gasteiger partial charge in [-0.05, 0) is 42.2 Å². The van der Waals surface area contributed by atoms with Gasteiger partial charge in [-0.1, -0.05) is 67.6 Å². The minimum Gasteiger partial charge on any atom is -0.428 e. The molecule has 0 aliphatic heterocycles. The Labute approximate surface area is 187 Å². The van der Waals surface area contributed by atoms with Gasteiger partial charge in [-0.25, -0.2) is 9.97 Å². The first-order valence-electron chi connectivity index (χ1n) is 10.6. The summed E-state index contributed by atoms with van der Waals surface area (Å²) >= 11 is 0. The van der Waals surface area contributed by atoms with Crippen molar-refractivity contribution in [2.45, 2.75) is 26.7 Å². The molecule has 2 heterocycles. The van der Waals surface area contributed by atoms with Gasteiger partial charge in [-0.3, -0.25) is 4.79 Å². The van der Waals surface area contributed by atoms with Crippen LogP contribution in [0.5, 0.6) is 0 Å². The van der Waals surface area contributed by atoms with E-state index >= 15 is 0 Å². The number of benzene rings is 2. The van der Waals surface area contributed by atoms with Gasteiger partial charge in [-0.15, -0.1) is 0 Å². The summed E-state index contributed by atoms with van der Waals surface area (Å²) < 4.78 is 5.89. The molecule has 0 aliphatic carbocycles. The van der Waals surface area contributed by atoms with Gasteiger partial charge in [0.05, 0.1) is 11.9 Å². The minimum absolute atomic E-state index is 0.270. The molecule has 4 aromatic rings. The van der Waals surface area contributed by atoms with Gasteiger partial charge >= 0.3 is 0 Å². The molecular weight excluding hydrogens is 398 g/mol. The Morgan fingerprint density at radius 2 is 1.84 bits per heavy atom. The molecule has 0 spiro atoms. The fraction of sp³-hybridized carbons (Fsp3) is 0.148. The minimum atomic E-state index is -0.270. The number of aromatic nitrogens is 2. The van der Waals surface area contributed by atoms with Gasteiger partial charge in [0.25, 0.3) is 6.01 Å². The van der Waals surface area contributed by atoms with Crippen LogP contribution in [0.4, 0.5) is 11.7 Å². The van der Waals surface area contributed by atoms with Crippen molar-refractivity contribution in [1.82, 2.24) is 9.97 Å². The number of hydrogen-bond donors (Lipinski definition) is 1. The van der Waals surface area contributed by atoms with Crippen molar-refractivity contribution >= 4 is 17.5 Å². The first kappa shape index (κ1) is 21.2. The Morgan fingerprint density at radius 1 is 1.03 bits per heavy atom. The van der Waals surface area contributed by atoms with Crippen LogP contribution < -0.4 is 5.32 Å². The molecule has 4 rings (SSSR count). The summed E-state index contributed by atoms with van der Waals surface area (Å²) in [6, 6.07) is 18.7. The number of nitrogens with zero attached hydrogens (tertiary/aromatic N) is 2. The van der Waals surface area contributed by atoms with E-state index in [4.69, 9.17) is 4.42 Å². The molecule has 0 aliphatic rings. The van der Waals surface area contributed by atoms with Crippen molar-refractivity contribution in [2.24, 2.45) is 0 Å². The highest BCUT2D eigenvalue weighted by molar-refractivity contribution is 6.07. The molecule has 0 saturated heterocycles. The molecule has 5 nitrogen and oxygen atoms in total. The van der Waals surface area contributed by atoms with Crippen molar-refractivity contribution in [3.05, 3.63) is 108 Å². The van der Waals surface area contributed by atoms with Crippen LogP contribution in [0.2, 0.25) is 0 Å². The topological polar surface area (TPSA) is 68.0 Å². The van der Waals surface area contributed by atoms with E-state index in [1.807, 2.05) is 24.3 Å². The molecule has 160 valence electrons. The summed E-state index contributed by atoms with van der Waals surface area (Å²) in [6.07, 6.45) is 6.23. The predicted octanol–water partition coefficient (Wildman–Crippen LogP) is 6.31. The second kappa shape index (κ2) is 9.43. The highest BCUT2D eigenvalue weighted by Gasteiger charge is 2.15. The van der Waals surface area contributed by atoms with Crippen LogP contribution in [0.15, 0.2) is 84.1 Å². The van der Waals surface area contributed by atoms with Crippen molar-refractivity contribution in [2.75, 3.05) is 5.32 Å². The number of rotatable bonds is 8. The van der Waals surface area contributed by atoms with Gasteiger partial charge in [0.15, 0.2) is 0 Å². The van der Waals surface area contributed by atoms with E-state index in [0.717, 1.165) is 28.9 Å². The molecule has 2 aromatic carbocycles. The average molecular weight is 424 g/mol. The Balaban J connectivity index is 1.63. The van der Waals surface area contributed by atoms with Gasteiger partial charge < -0.3 is 9.73 Å². The molecule has 1 N–H and O–H groups in total. The van der Waals surface area contributed by atoms with Crippen molar-refractivity contribution in [3.8, 4) is 11.1 Å². The van der Waals surface area contributed by atoms with Crippen molar-refractivity contribution in [1.29, 1.82) is 0 Å². The van der Waals surface area contributed by atoms with Crippen LogP contribution in [0, 0.1) is 6.92 Å². The summed E-state index contributed by atoms with van der Waals surface area (Å²) in [5, 5.41) is 3.14. The van der Waals surface area contributed by atoms with Crippen LogP contribution in [0.3, 0.4) is 0 Å². The third-order valence-corrected chi connectivity index (χ3v) is 5.23. The third kappa shape index (κ3) is 4.83. The lowest BCUT2D eigenvalue weighted by molar-refractivity contribution is 0.104. The number of nitrogens with one attached hydrogen (secondary N) is 1. The molecule has 0 radical (unpaired) electrons. The number of aryl methyl sites for hydroxylation is 2. The normalized spacial score (nSPS) is 10.7. The SMILES string of the molecule is C=CC(=O)c1ncc(-c2cccc(CC)c2)cc1Nc1ncc(Cc2cccc(C)c2)o1. The smallest absolute Gasteiger partial charge is 0.299 e. The molecule has 0 bridgehead atoms. The summed E-state index contributed by atoms with van der Waals surface area (Å²) in [7, 11) is 0. The fourth-order valence-corrected chi connectivity index (χ4v) is 3.57. The lowest BCUT2D eigenvalue weighted by atomic mass is 10.0. The number of allylic oxidation sites excluding steroid dienone is 1. The lowest BCUT2D eigenvalue weighted by Crippen LogP contribution is -2.05. The van der Waals surface area contributed by atoms with Gasteiger partial charge in [0.1, 0.15) is 11.5 Å². The molecule has 0 fully saturated rings. The van der Waals surface area contributed by atoms with Crippen molar-refractivity contribution < 1.29 is 9.21 Å². The maximum atomic E-state index is 12.4. The Hall–Kier alpha value is -3.99. The molecule has 0 saturated carbocycles. The first-order valence-corrected chi connectivity index (χ1v) is 10.6. The Morgan fingerprint density at radius 3 is 2.62 bits per heavy atom. The van der Waals surface area contributed by atoms with Gasteiger partial charge in [0, 0.05) is 18.2 Å². The standard InChI is InChI=1S/C27H25N3O2/c1-4-19-9-7-11-21(13-19)22-15-24(26(28-16-22)25(31)5-2)30-27-29-17-23(32-27)14-20-10-6-8-18(3)12-20/h5-13,15-17H,2,4,14H2,1,3H3,(H,29,30). The molecular formula is C27H25N3O2. The predicted molar refractivity (Wildman–Crippen MR) is 127 cm³/mol. The molecule has 0 unspecified atom stereocenters. The van der Waals surface area contributed by atoms with E-state index < -0.39 is 0 Å². The Kier molecular flexibility index (Phi) is 6.26. The number of hydrogen-bond acceptors (Lipinski definition) is 5. The van der Waals surface area contributed by atoms with Crippen LogP contribution >= 0.6 is 0 Å². The zero-order chi connectivity index (χ0) is 22.5. The summed E-state index contributed by atoms with van der Waals surface area (Å²) in [5.74, 6) is 0.461. The summed E-state index contributed by atoms with van der Waals surface area (Å²) in [5.41, 5.74) is 6.31. The molecule has 2 aromatic heterocycles. The maximum Gasteiger partial charge on any atom is 0.299 e. The molecule has 5 heteroatoms. The van der Waals surface area contributed by atoms with E-state index in [1.165, 1.54) is 17.2 Å². The van der Waals surface area contributed by atoms with E-state index in [1.54, 1.807) is 12.4 Å². The average Bonchev–Trinajstić information content (AvgIpc) is 3.25. The largest absolute Gasteiger partial charge is 0.428 e. The lowest BCUT2D eigenvalue weighted by Gasteiger charge is -2.10. The maximum absolute atomic E-state index is 12.4. The van der Waals surface area contributed by atoms with Crippen LogP contribution in [0.1, 0.15) is 39.9 Å². The van der Waals surface area contributed by atoms with Crippen LogP contribution in [-0.4, -0.2) is 15.8 Å². The highest BCUT2D eigenvalue weighted by Crippen LogP contribution is 2.28. The number of ketones is 1. The zero-order valence-corrected chi connectivity index (χ0v) is 18.3. The number of carbonyl (C=O) groups excluding carboxylic acids is 1. The fourth-order valence-electron chi connectivity index (χ4n) is 3.57. The quantitative estimate of drug-likeness (QED) is 0.266. The third-order valence-electron chi connectivity index (χ3n) is 5.23. The number of carbonyl (C=O) groups is 1. The van der Waals surface area contributed by atoms with Gasteiger partial charge in [0.2, 0.25) is 5.78 Å². The number of oxazole rings is 1. The number of pyridine rings is 1. The molecule has 0 atom stereocenters. The van der Waals surface area contributed by atoms with Crippen molar-refractivity contribution in [3.63, 3.8) is 0 Å². The Bertz CT molecular complexity index is 1270. The second-order valence-corrected chi connectivity index (χ2v) is 7.67. The molecule has 32 heavy (non-hydrogen) atoms. The van der Waals surface area contributed by atoms with Crippen LogP contribution in [0.25, 0.3) is 11.1 Å². The van der Waals surface area contributed by atoms with E-state index in [-0.39, 0.29) is 11.5 Å². The van der Waals surface area contributed by atoms with Gasteiger partial charge in [-0.2, -0.15) is 0 Å². The first-order chi connectivity index (χ1) is 15.6. The zero-order valence-electron chi connectivity index (χ0n) is 18.3. The summed E-state index contributed by atoms with van der Waals surface area (Å²) in [6.45, 7) is 7.77. The molecule has 0 amide bonds. The summed E-state index contributed by atoms with van der Waals surface area (Å²) in [4.78, 5) is 21.1. The van der Waals surface area contributed by atoms with E-state index in [2.05, 4.69) is 66.0 Å². The van der Waals surface area contributed by atoms with E-state index in [9.17, 15) is 4.79 Å².